The zero-order chi connectivity index (χ0) is 11.7. The van der Waals surface area contributed by atoms with E-state index in [4.69, 9.17) is 0 Å². The first-order chi connectivity index (χ1) is 8.26. The van der Waals surface area contributed by atoms with E-state index >= 15 is 0 Å². The smallest absolute Gasteiger partial charge is 0.214 e. The summed E-state index contributed by atoms with van der Waals surface area (Å²) in [5, 5.41) is 6.72. The van der Waals surface area contributed by atoms with E-state index in [9.17, 15) is 4.39 Å². The van der Waals surface area contributed by atoms with Gasteiger partial charge in [-0.15, -0.1) is 0 Å². The highest BCUT2D eigenvalue weighted by Gasteiger charge is 2.45. The second kappa shape index (κ2) is 4.26. The minimum atomic E-state index is -0.426. The van der Waals surface area contributed by atoms with Crippen molar-refractivity contribution in [2.24, 2.45) is 5.41 Å². The maximum atomic E-state index is 12.9. The summed E-state index contributed by atoms with van der Waals surface area (Å²) in [5.74, 6) is 0.201. The number of halogens is 1. The number of rotatable bonds is 3. The number of pyridine rings is 1. The fourth-order valence-electron chi connectivity index (χ4n) is 2.75. The van der Waals surface area contributed by atoms with Gasteiger partial charge < -0.3 is 10.6 Å². The molecule has 1 aliphatic heterocycles. The summed E-state index contributed by atoms with van der Waals surface area (Å²) in [5.41, 5.74) is 0.646. The number of aromatic nitrogens is 1. The van der Waals surface area contributed by atoms with Crippen LogP contribution in [-0.2, 0) is 0 Å². The highest BCUT2D eigenvalue weighted by Crippen LogP contribution is 2.53. The van der Waals surface area contributed by atoms with Gasteiger partial charge in [-0.2, -0.15) is 4.39 Å². The Hall–Kier alpha value is -1.16. The number of hydrogen-bond donors (Lipinski definition) is 2. The van der Waals surface area contributed by atoms with Crippen molar-refractivity contribution < 1.29 is 4.39 Å². The van der Waals surface area contributed by atoms with Crippen LogP contribution in [0.4, 0.5) is 10.2 Å². The van der Waals surface area contributed by atoms with Crippen LogP contribution >= 0.6 is 0 Å². The summed E-state index contributed by atoms with van der Waals surface area (Å²) in [6.07, 6.45) is 5.35. The van der Waals surface area contributed by atoms with Gasteiger partial charge in [0.2, 0.25) is 5.95 Å². The van der Waals surface area contributed by atoms with Crippen molar-refractivity contribution in [2.75, 3.05) is 18.4 Å². The molecule has 1 aromatic heterocycles. The molecule has 1 spiro atoms. The first kappa shape index (κ1) is 11.0. The van der Waals surface area contributed by atoms with Crippen LogP contribution in [0.1, 0.15) is 25.7 Å². The summed E-state index contributed by atoms with van der Waals surface area (Å²) >= 11 is 0. The average Bonchev–Trinajstić information content (AvgIpc) is 3.06. The molecule has 2 N–H and O–H groups in total. The van der Waals surface area contributed by atoms with E-state index in [1.165, 1.54) is 31.7 Å². The lowest BCUT2D eigenvalue weighted by Gasteiger charge is -2.30. The molecule has 1 atom stereocenters. The topological polar surface area (TPSA) is 37.0 Å². The molecular formula is C13H18FN3. The monoisotopic (exact) mass is 235 g/mol. The van der Waals surface area contributed by atoms with Gasteiger partial charge in [-0.1, -0.05) is 6.07 Å². The van der Waals surface area contributed by atoms with Gasteiger partial charge in [-0.25, -0.2) is 4.98 Å². The van der Waals surface area contributed by atoms with Crippen LogP contribution in [-0.4, -0.2) is 24.1 Å². The van der Waals surface area contributed by atoms with Crippen LogP contribution in [0.3, 0.4) is 0 Å². The highest BCUT2D eigenvalue weighted by atomic mass is 19.1. The van der Waals surface area contributed by atoms with E-state index < -0.39 is 5.95 Å². The third kappa shape index (κ3) is 2.57. The fraction of sp³-hybridized carbons (Fsp3) is 0.615. The van der Waals surface area contributed by atoms with Crippen LogP contribution < -0.4 is 10.6 Å². The molecule has 3 rings (SSSR count). The molecule has 0 aromatic carbocycles. The van der Waals surface area contributed by atoms with Crippen LogP contribution in [0.15, 0.2) is 18.2 Å². The molecule has 0 unspecified atom stereocenters. The Morgan fingerprint density at radius 1 is 1.41 bits per heavy atom. The highest BCUT2D eigenvalue weighted by molar-refractivity contribution is 5.33. The standard InChI is InChI=1S/C13H18FN3/c14-11-2-1-3-12(17-11)16-9-10-8-13(4-5-13)6-7-15-10/h1-3,10,15H,4-9H2,(H,16,17)/t10-/m0/s1. The molecule has 92 valence electrons. The van der Waals surface area contributed by atoms with E-state index in [-0.39, 0.29) is 0 Å². The maximum Gasteiger partial charge on any atom is 0.214 e. The van der Waals surface area contributed by atoms with Gasteiger partial charge in [-0.3, -0.25) is 0 Å². The van der Waals surface area contributed by atoms with Crippen LogP contribution in [0.25, 0.3) is 0 Å². The molecular weight excluding hydrogens is 217 g/mol. The second-order valence-corrected chi connectivity index (χ2v) is 5.33. The minimum Gasteiger partial charge on any atom is -0.368 e. The minimum absolute atomic E-state index is 0.426. The molecule has 1 aliphatic carbocycles. The molecule has 4 heteroatoms. The zero-order valence-corrected chi connectivity index (χ0v) is 9.88. The molecule has 0 radical (unpaired) electrons. The fourth-order valence-corrected chi connectivity index (χ4v) is 2.75. The van der Waals surface area contributed by atoms with E-state index in [0.717, 1.165) is 13.1 Å². The van der Waals surface area contributed by atoms with Crippen molar-refractivity contribution in [1.82, 2.24) is 10.3 Å². The van der Waals surface area contributed by atoms with E-state index in [1.54, 1.807) is 12.1 Å². The van der Waals surface area contributed by atoms with Gasteiger partial charge in [0.05, 0.1) is 0 Å². The summed E-state index contributed by atoms with van der Waals surface area (Å²) in [6.45, 7) is 1.95. The maximum absolute atomic E-state index is 12.9. The zero-order valence-electron chi connectivity index (χ0n) is 9.88. The SMILES string of the molecule is Fc1cccc(NC[C@@H]2CC3(CCN2)CC3)n1. The van der Waals surface area contributed by atoms with Gasteiger partial charge in [0.15, 0.2) is 0 Å². The number of nitrogens with one attached hydrogen (secondary N) is 2. The van der Waals surface area contributed by atoms with Crippen molar-refractivity contribution in [3.05, 3.63) is 24.1 Å². The molecule has 1 saturated carbocycles. The summed E-state index contributed by atoms with van der Waals surface area (Å²) in [7, 11) is 0. The van der Waals surface area contributed by atoms with Gasteiger partial charge >= 0.3 is 0 Å². The first-order valence-corrected chi connectivity index (χ1v) is 6.36. The normalized spacial score (nSPS) is 25.8. The largest absolute Gasteiger partial charge is 0.368 e. The van der Waals surface area contributed by atoms with Crippen molar-refractivity contribution in [3.63, 3.8) is 0 Å². The first-order valence-electron chi connectivity index (χ1n) is 6.36. The van der Waals surface area contributed by atoms with Gasteiger partial charge in [-0.05, 0) is 49.8 Å². The Balaban J connectivity index is 1.53. The molecule has 2 fully saturated rings. The summed E-state index contributed by atoms with van der Waals surface area (Å²) < 4.78 is 12.9. The van der Waals surface area contributed by atoms with E-state index in [2.05, 4.69) is 15.6 Å². The molecule has 0 amide bonds. The van der Waals surface area contributed by atoms with Crippen molar-refractivity contribution in [1.29, 1.82) is 0 Å². The predicted molar refractivity (Wildman–Crippen MR) is 65.4 cm³/mol. The van der Waals surface area contributed by atoms with Crippen molar-refractivity contribution in [3.8, 4) is 0 Å². The quantitative estimate of drug-likeness (QED) is 0.788. The summed E-state index contributed by atoms with van der Waals surface area (Å²) in [4.78, 5) is 3.80. The molecule has 17 heavy (non-hydrogen) atoms. The third-order valence-electron chi connectivity index (χ3n) is 3.97. The lowest BCUT2D eigenvalue weighted by molar-refractivity contribution is 0.290. The Morgan fingerprint density at radius 2 is 2.29 bits per heavy atom. The average molecular weight is 235 g/mol. The molecule has 2 heterocycles. The number of nitrogens with zero attached hydrogens (tertiary/aromatic N) is 1. The molecule has 1 saturated heterocycles. The van der Waals surface area contributed by atoms with Gasteiger partial charge in [0.1, 0.15) is 5.82 Å². The van der Waals surface area contributed by atoms with Crippen molar-refractivity contribution >= 4 is 5.82 Å². The molecule has 2 aliphatic rings. The number of anilines is 1. The molecule has 0 bridgehead atoms. The Labute approximate surface area is 101 Å². The number of piperidine rings is 1. The van der Waals surface area contributed by atoms with Crippen LogP contribution in [0.2, 0.25) is 0 Å². The molecule has 3 nitrogen and oxygen atoms in total. The second-order valence-electron chi connectivity index (χ2n) is 5.33. The van der Waals surface area contributed by atoms with Crippen molar-refractivity contribution in [2.45, 2.75) is 31.7 Å². The summed E-state index contributed by atoms with van der Waals surface area (Å²) in [6, 6.07) is 5.35. The van der Waals surface area contributed by atoms with Gasteiger partial charge in [0.25, 0.3) is 0 Å². The lowest BCUT2D eigenvalue weighted by Crippen LogP contribution is -2.43. The van der Waals surface area contributed by atoms with Gasteiger partial charge in [0, 0.05) is 12.6 Å². The van der Waals surface area contributed by atoms with Crippen LogP contribution in [0, 0.1) is 11.4 Å². The predicted octanol–water partition coefficient (Wildman–Crippen LogP) is 2.16. The Kier molecular flexibility index (Phi) is 2.74. The number of hydrogen-bond acceptors (Lipinski definition) is 3. The van der Waals surface area contributed by atoms with E-state index in [1.807, 2.05) is 0 Å². The Bertz CT molecular complexity index is 403. The van der Waals surface area contributed by atoms with Crippen LogP contribution in [0.5, 0.6) is 0 Å². The molecule has 1 aromatic rings. The van der Waals surface area contributed by atoms with E-state index in [0.29, 0.717) is 17.3 Å². The third-order valence-corrected chi connectivity index (χ3v) is 3.97. The lowest BCUT2D eigenvalue weighted by atomic mass is 9.89. The Morgan fingerprint density at radius 3 is 3.06 bits per heavy atom.